The van der Waals surface area contributed by atoms with Gasteiger partial charge in [-0.05, 0) is 18.9 Å². The van der Waals surface area contributed by atoms with Crippen LogP contribution in [-0.2, 0) is 9.59 Å². The standard InChI is InChI=1S/C16H22ClN3O4/c1-3-5-9-19(10-6-4-2)16(22)15(21)18-14-11-12(20(23)24)7-8-13(14)17/h7-8,11H,3-6,9-10H2,1-2H3,(H,18,21). The summed E-state index contributed by atoms with van der Waals surface area (Å²) in [6.45, 7) is 5.02. The van der Waals surface area contributed by atoms with Gasteiger partial charge >= 0.3 is 11.8 Å². The molecule has 1 aromatic rings. The molecular weight excluding hydrogens is 334 g/mol. The molecule has 132 valence electrons. The summed E-state index contributed by atoms with van der Waals surface area (Å²) in [6.07, 6.45) is 3.43. The number of hydrogen-bond donors (Lipinski definition) is 1. The van der Waals surface area contributed by atoms with Crippen molar-refractivity contribution in [3.63, 3.8) is 0 Å². The van der Waals surface area contributed by atoms with E-state index in [2.05, 4.69) is 5.32 Å². The fourth-order valence-electron chi connectivity index (χ4n) is 2.05. The average Bonchev–Trinajstić information content (AvgIpc) is 2.56. The number of amides is 2. The maximum Gasteiger partial charge on any atom is 0.313 e. The summed E-state index contributed by atoms with van der Waals surface area (Å²) in [7, 11) is 0. The van der Waals surface area contributed by atoms with Crippen molar-refractivity contribution in [2.75, 3.05) is 18.4 Å². The Labute approximate surface area is 146 Å². The fourth-order valence-corrected chi connectivity index (χ4v) is 2.22. The number of nitro benzene ring substituents is 1. The van der Waals surface area contributed by atoms with E-state index in [1.54, 1.807) is 0 Å². The topological polar surface area (TPSA) is 92.6 Å². The van der Waals surface area contributed by atoms with E-state index in [1.807, 2.05) is 13.8 Å². The Morgan fingerprint density at radius 2 is 1.79 bits per heavy atom. The van der Waals surface area contributed by atoms with Gasteiger partial charge in [0.25, 0.3) is 5.69 Å². The normalized spacial score (nSPS) is 10.3. The van der Waals surface area contributed by atoms with Crippen LogP contribution in [-0.4, -0.2) is 34.7 Å². The van der Waals surface area contributed by atoms with E-state index in [-0.39, 0.29) is 16.4 Å². The van der Waals surface area contributed by atoms with E-state index in [0.29, 0.717) is 13.1 Å². The Bertz CT molecular complexity index is 599. The zero-order valence-corrected chi connectivity index (χ0v) is 14.6. The molecule has 1 aromatic carbocycles. The van der Waals surface area contributed by atoms with Crippen LogP contribution in [0, 0.1) is 10.1 Å². The molecule has 0 radical (unpaired) electrons. The average molecular weight is 356 g/mol. The van der Waals surface area contributed by atoms with Crippen LogP contribution in [0.15, 0.2) is 18.2 Å². The summed E-state index contributed by atoms with van der Waals surface area (Å²) in [5.74, 6) is -1.50. The van der Waals surface area contributed by atoms with Gasteiger partial charge in [-0.3, -0.25) is 19.7 Å². The number of hydrogen-bond acceptors (Lipinski definition) is 4. The van der Waals surface area contributed by atoms with Crippen LogP contribution < -0.4 is 5.32 Å². The van der Waals surface area contributed by atoms with Crippen molar-refractivity contribution >= 4 is 34.8 Å². The predicted octanol–water partition coefficient (Wildman–Crippen LogP) is 3.62. The van der Waals surface area contributed by atoms with Crippen molar-refractivity contribution < 1.29 is 14.5 Å². The van der Waals surface area contributed by atoms with Crippen LogP contribution in [0.5, 0.6) is 0 Å². The van der Waals surface area contributed by atoms with Crippen molar-refractivity contribution in [3.05, 3.63) is 33.3 Å². The maximum atomic E-state index is 12.3. The van der Waals surface area contributed by atoms with Crippen LogP contribution in [0.2, 0.25) is 5.02 Å². The molecule has 0 aliphatic rings. The highest BCUT2D eigenvalue weighted by atomic mass is 35.5. The largest absolute Gasteiger partial charge is 0.334 e. The first kappa shape index (κ1) is 19.9. The molecule has 2 amide bonds. The molecule has 0 saturated carbocycles. The second-order valence-electron chi connectivity index (χ2n) is 5.37. The monoisotopic (exact) mass is 355 g/mol. The second kappa shape index (κ2) is 9.87. The molecule has 0 unspecified atom stereocenters. The van der Waals surface area contributed by atoms with Gasteiger partial charge in [0.1, 0.15) is 0 Å². The first-order valence-corrected chi connectivity index (χ1v) is 8.32. The number of nitro groups is 1. The van der Waals surface area contributed by atoms with Gasteiger partial charge in [0, 0.05) is 25.2 Å². The Balaban J connectivity index is 2.85. The van der Waals surface area contributed by atoms with Crippen molar-refractivity contribution in [2.45, 2.75) is 39.5 Å². The summed E-state index contributed by atoms with van der Waals surface area (Å²) < 4.78 is 0. The van der Waals surface area contributed by atoms with E-state index >= 15 is 0 Å². The minimum atomic E-state index is -0.843. The van der Waals surface area contributed by atoms with Crippen molar-refractivity contribution in [1.29, 1.82) is 0 Å². The lowest BCUT2D eigenvalue weighted by Gasteiger charge is -2.21. The van der Waals surface area contributed by atoms with E-state index < -0.39 is 16.7 Å². The van der Waals surface area contributed by atoms with Crippen molar-refractivity contribution in [1.82, 2.24) is 4.90 Å². The number of nitrogens with one attached hydrogen (secondary N) is 1. The molecule has 24 heavy (non-hydrogen) atoms. The Kier molecular flexibility index (Phi) is 8.18. The summed E-state index contributed by atoms with van der Waals surface area (Å²) in [6, 6.07) is 3.68. The summed E-state index contributed by atoms with van der Waals surface area (Å²) in [5.41, 5.74) is -0.161. The van der Waals surface area contributed by atoms with E-state index in [4.69, 9.17) is 11.6 Å². The number of nitrogens with zero attached hydrogens (tertiary/aromatic N) is 2. The lowest BCUT2D eigenvalue weighted by molar-refractivity contribution is -0.384. The minimum Gasteiger partial charge on any atom is -0.334 e. The number of halogens is 1. The van der Waals surface area contributed by atoms with E-state index in [1.165, 1.54) is 17.0 Å². The van der Waals surface area contributed by atoms with Crippen LogP contribution >= 0.6 is 11.6 Å². The Morgan fingerprint density at radius 1 is 1.21 bits per heavy atom. The number of non-ortho nitro benzene ring substituents is 1. The molecule has 0 heterocycles. The third-order valence-electron chi connectivity index (χ3n) is 3.45. The van der Waals surface area contributed by atoms with Crippen LogP contribution in [0.4, 0.5) is 11.4 Å². The van der Waals surface area contributed by atoms with Gasteiger partial charge in [-0.15, -0.1) is 0 Å². The van der Waals surface area contributed by atoms with Crippen LogP contribution in [0.1, 0.15) is 39.5 Å². The fraction of sp³-hybridized carbons (Fsp3) is 0.500. The van der Waals surface area contributed by atoms with Gasteiger partial charge in [0.15, 0.2) is 0 Å². The number of carbonyl (C=O) groups is 2. The Hall–Kier alpha value is -2.15. The van der Waals surface area contributed by atoms with E-state index in [0.717, 1.165) is 31.7 Å². The molecule has 7 nitrogen and oxygen atoms in total. The van der Waals surface area contributed by atoms with Crippen molar-refractivity contribution in [3.8, 4) is 0 Å². The zero-order chi connectivity index (χ0) is 18.1. The van der Waals surface area contributed by atoms with Gasteiger partial charge in [0.05, 0.1) is 15.6 Å². The highest BCUT2D eigenvalue weighted by Gasteiger charge is 2.22. The van der Waals surface area contributed by atoms with E-state index in [9.17, 15) is 19.7 Å². The summed E-state index contributed by atoms with van der Waals surface area (Å²) in [4.78, 5) is 36.2. The van der Waals surface area contributed by atoms with Gasteiger partial charge in [-0.2, -0.15) is 0 Å². The molecule has 0 fully saturated rings. The highest BCUT2D eigenvalue weighted by molar-refractivity contribution is 6.41. The third-order valence-corrected chi connectivity index (χ3v) is 3.78. The smallest absolute Gasteiger partial charge is 0.313 e. The zero-order valence-electron chi connectivity index (χ0n) is 13.9. The number of unbranched alkanes of at least 4 members (excludes halogenated alkanes) is 2. The van der Waals surface area contributed by atoms with Gasteiger partial charge in [-0.25, -0.2) is 0 Å². The molecule has 0 aliphatic carbocycles. The number of anilines is 1. The number of benzene rings is 1. The number of rotatable bonds is 8. The molecule has 0 saturated heterocycles. The molecule has 0 atom stereocenters. The SMILES string of the molecule is CCCCN(CCCC)C(=O)C(=O)Nc1cc([N+](=O)[O-])ccc1Cl. The molecule has 0 spiro atoms. The summed E-state index contributed by atoms with van der Waals surface area (Å²) in [5, 5.41) is 13.3. The predicted molar refractivity (Wildman–Crippen MR) is 93.1 cm³/mol. The second-order valence-corrected chi connectivity index (χ2v) is 5.78. The molecule has 0 aliphatic heterocycles. The molecule has 1 rings (SSSR count). The molecule has 0 bridgehead atoms. The molecule has 8 heteroatoms. The first-order chi connectivity index (χ1) is 11.4. The first-order valence-electron chi connectivity index (χ1n) is 7.94. The maximum absolute atomic E-state index is 12.3. The number of carbonyl (C=O) groups excluding carboxylic acids is 2. The van der Waals surface area contributed by atoms with Gasteiger partial charge < -0.3 is 10.2 Å². The molecule has 0 aromatic heterocycles. The summed E-state index contributed by atoms with van der Waals surface area (Å²) >= 11 is 5.93. The highest BCUT2D eigenvalue weighted by Crippen LogP contribution is 2.26. The Morgan fingerprint density at radius 3 is 2.29 bits per heavy atom. The third kappa shape index (κ3) is 5.81. The quantitative estimate of drug-likeness (QED) is 0.438. The van der Waals surface area contributed by atoms with Gasteiger partial charge in [0.2, 0.25) is 0 Å². The van der Waals surface area contributed by atoms with Crippen molar-refractivity contribution in [2.24, 2.45) is 0 Å². The van der Waals surface area contributed by atoms with Gasteiger partial charge in [-0.1, -0.05) is 38.3 Å². The molecule has 1 N–H and O–H groups in total. The molecular formula is C16H22ClN3O4. The minimum absolute atomic E-state index is 0.0511. The lowest BCUT2D eigenvalue weighted by Crippen LogP contribution is -2.40. The van der Waals surface area contributed by atoms with Crippen LogP contribution in [0.25, 0.3) is 0 Å². The van der Waals surface area contributed by atoms with Crippen LogP contribution in [0.3, 0.4) is 0 Å². The lowest BCUT2D eigenvalue weighted by atomic mass is 10.2.